The van der Waals surface area contributed by atoms with E-state index in [1.54, 1.807) is 31.4 Å². The van der Waals surface area contributed by atoms with Crippen LogP contribution in [0.25, 0.3) is 0 Å². The van der Waals surface area contributed by atoms with E-state index in [4.69, 9.17) is 4.74 Å². The lowest BCUT2D eigenvalue weighted by Gasteiger charge is -2.16. The minimum atomic E-state index is -0.213. The Balaban J connectivity index is 1.51. The number of methoxy groups -OCH3 is 1. The average molecular weight is 353 g/mol. The summed E-state index contributed by atoms with van der Waals surface area (Å²) in [7, 11) is 1.62. The molecule has 0 aliphatic heterocycles. The van der Waals surface area contributed by atoms with Crippen LogP contribution in [0.15, 0.2) is 54.6 Å². The zero-order valence-corrected chi connectivity index (χ0v) is 14.7. The van der Waals surface area contributed by atoms with E-state index in [0.29, 0.717) is 23.8 Å². The van der Waals surface area contributed by atoms with Crippen LogP contribution in [0.1, 0.15) is 34.9 Å². The Morgan fingerprint density at radius 2 is 1.77 bits per heavy atom. The number of rotatable bonds is 7. The lowest BCUT2D eigenvalue weighted by Crippen LogP contribution is -2.30. The summed E-state index contributed by atoms with van der Waals surface area (Å²) in [6.45, 7) is 0.378. The molecule has 6 heteroatoms. The molecule has 3 N–H and O–H groups in total. The van der Waals surface area contributed by atoms with Gasteiger partial charge in [-0.2, -0.15) is 0 Å². The van der Waals surface area contributed by atoms with E-state index in [9.17, 15) is 9.59 Å². The Bertz CT molecular complexity index is 743. The molecule has 0 spiro atoms. The van der Waals surface area contributed by atoms with Crippen LogP contribution in [-0.2, 0) is 4.74 Å². The number of urea groups is 1. The summed E-state index contributed by atoms with van der Waals surface area (Å²) >= 11 is 0. The predicted molar refractivity (Wildman–Crippen MR) is 100 cm³/mol. The summed E-state index contributed by atoms with van der Waals surface area (Å²) in [6, 6.07) is 16.6. The standard InChI is InChI=1S/C20H23N3O3/c1-26-18(14-5-3-2-4-6-14)13-21-19(24)15-7-9-16(10-8-15)22-20(25)23-17-11-12-17/h2-10,17-18H,11-13H2,1H3,(H,21,24)(H2,22,23,25). The Morgan fingerprint density at radius 3 is 2.38 bits per heavy atom. The van der Waals surface area contributed by atoms with Crippen LogP contribution in [-0.4, -0.2) is 31.6 Å². The van der Waals surface area contributed by atoms with Gasteiger partial charge >= 0.3 is 6.03 Å². The number of nitrogens with one attached hydrogen (secondary N) is 3. The first-order valence-electron chi connectivity index (χ1n) is 8.69. The molecular weight excluding hydrogens is 330 g/mol. The molecule has 136 valence electrons. The third-order valence-corrected chi connectivity index (χ3v) is 4.22. The van der Waals surface area contributed by atoms with E-state index in [1.165, 1.54) is 0 Å². The van der Waals surface area contributed by atoms with Crippen molar-refractivity contribution >= 4 is 17.6 Å². The molecule has 3 amide bonds. The van der Waals surface area contributed by atoms with E-state index < -0.39 is 0 Å². The molecule has 3 rings (SSSR count). The number of ether oxygens (including phenoxy) is 1. The van der Waals surface area contributed by atoms with Gasteiger partial charge in [0, 0.05) is 30.9 Å². The third kappa shape index (κ3) is 5.07. The number of amides is 3. The molecule has 0 heterocycles. The Kier molecular flexibility index (Phi) is 5.86. The van der Waals surface area contributed by atoms with E-state index in [2.05, 4.69) is 16.0 Å². The van der Waals surface area contributed by atoms with Gasteiger partial charge in [0.25, 0.3) is 5.91 Å². The van der Waals surface area contributed by atoms with Gasteiger partial charge in [-0.05, 0) is 42.7 Å². The monoisotopic (exact) mass is 353 g/mol. The molecule has 26 heavy (non-hydrogen) atoms. The number of hydrogen-bond donors (Lipinski definition) is 3. The quantitative estimate of drug-likeness (QED) is 0.716. The highest BCUT2D eigenvalue weighted by atomic mass is 16.5. The van der Waals surface area contributed by atoms with Crippen molar-refractivity contribution < 1.29 is 14.3 Å². The van der Waals surface area contributed by atoms with Crippen LogP contribution in [0.4, 0.5) is 10.5 Å². The fraction of sp³-hybridized carbons (Fsp3) is 0.300. The zero-order valence-electron chi connectivity index (χ0n) is 14.7. The van der Waals surface area contributed by atoms with Crippen molar-refractivity contribution in [2.24, 2.45) is 0 Å². The van der Waals surface area contributed by atoms with Crippen LogP contribution < -0.4 is 16.0 Å². The van der Waals surface area contributed by atoms with Crippen molar-refractivity contribution in [2.75, 3.05) is 19.0 Å². The van der Waals surface area contributed by atoms with Crippen molar-refractivity contribution in [3.63, 3.8) is 0 Å². The van der Waals surface area contributed by atoms with Crippen LogP contribution in [0.5, 0.6) is 0 Å². The number of anilines is 1. The average Bonchev–Trinajstić information content (AvgIpc) is 3.47. The van der Waals surface area contributed by atoms with Crippen molar-refractivity contribution in [3.8, 4) is 0 Å². The highest BCUT2D eigenvalue weighted by Crippen LogP contribution is 2.19. The number of benzene rings is 2. The number of carbonyl (C=O) groups excluding carboxylic acids is 2. The topological polar surface area (TPSA) is 79.5 Å². The second-order valence-corrected chi connectivity index (χ2v) is 6.30. The van der Waals surface area contributed by atoms with Crippen molar-refractivity contribution in [3.05, 3.63) is 65.7 Å². The molecule has 1 unspecified atom stereocenters. The zero-order chi connectivity index (χ0) is 18.4. The second-order valence-electron chi connectivity index (χ2n) is 6.30. The maximum atomic E-state index is 12.3. The van der Waals surface area contributed by atoms with Gasteiger partial charge in [-0.1, -0.05) is 30.3 Å². The molecule has 1 saturated carbocycles. The predicted octanol–water partition coefficient (Wildman–Crippen LogP) is 3.09. The third-order valence-electron chi connectivity index (χ3n) is 4.22. The van der Waals surface area contributed by atoms with Crippen LogP contribution >= 0.6 is 0 Å². The SMILES string of the molecule is COC(CNC(=O)c1ccc(NC(=O)NC2CC2)cc1)c1ccccc1. The Morgan fingerprint density at radius 1 is 1.08 bits per heavy atom. The molecule has 2 aromatic rings. The van der Waals surface area contributed by atoms with Crippen molar-refractivity contribution in [2.45, 2.75) is 25.0 Å². The summed E-state index contributed by atoms with van der Waals surface area (Å²) in [5.74, 6) is -0.183. The molecule has 1 aliphatic carbocycles. The van der Waals surface area contributed by atoms with Gasteiger partial charge < -0.3 is 20.7 Å². The van der Waals surface area contributed by atoms with Crippen molar-refractivity contribution in [1.82, 2.24) is 10.6 Å². The first-order valence-corrected chi connectivity index (χ1v) is 8.69. The summed E-state index contributed by atoms with van der Waals surface area (Å²) in [6.07, 6.45) is 1.88. The second kappa shape index (κ2) is 8.49. The molecule has 2 aromatic carbocycles. The Hall–Kier alpha value is -2.86. The summed E-state index contributed by atoms with van der Waals surface area (Å²) in [5, 5.41) is 8.49. The van der Waals surface area contributed by atoms with Gasteiger partial charge in [0.2, 0.25) is 0 Å². The molecule has 0 radical (unpaired) electrons. The van der Waals surface area contributed by atoms with Gasteiger partial charge in [-0.3, -0.25) is 4.79 Å². The summed E-state index contributed by atoms with van der Waals surface area (Å²) < 4.78 is 5.45. The van der Waals surface area contributed by atoms with E-state index in [-0.39, 0.29) is 18.0 Å². The van der Waals surface area contributed by atoms with Gasteiger partial charge in [0.15, 0.2) is 0 Å². The molecule has 6 nitrogen and oxygen atoms in total. The molecular formula is C20H23N3O3. The maximum absolute atomic E-state index is 12.3. The van der Waals surface area contributed by atoms with Crippen molar-refractivity contribution in [1.29, 1.82) is 0 Å². The molecule has 1 aliphatic rings. The fourth-order valence-electron chi connectivity index (χ4n) is 2.58. The van der Waals surface area contributed by atoms with E-state index >= 15 is 0 Å². The minimum Gasteiger partial charge on any atom is -0.375 e. The minimum absolute atomic E-state index is 0.183. The number of hydrogen-bond acceptors (Lipinski definition) is 3. The van der Waals surface area contributed by atoms with Crippen LogP contribution in [0.3, 0.4) is 0 Å². The molecule has 1 fully saturated rings. The van der Waals surface area contributed by atoms with Gasteiger partial charge in [-0.15, -0.1) is 0 Å². The van der Waals surface area contributed by atoms with Gasteiger partial charge in [0.1, 0.15) is 0 Å². The largest absolute Gasteiger partial charge is 0.375 e. The highest BCUT2D eigenvalue weighted by Gasteiger charge is 2.23. The highest BCUT2D eigenvalue weighted by molar-refractivity contribution is 5.95. The first kappa shape index (κ1) is 17.9. The Labute approximate surface area is 152 Å². The van der Waals surface area contributed by atoms with Gasteiger partial charge in [-0.25, -0.2) is 4.79 Å². The lowest BCUT2D eigenvalue weighted by molar-refractivity contribution is 0.0828. The molecule has 0 bridgehead atoms. The maximum Gasteiger partial charge on any atom is 0.319 e. The van der Waals surface area contributed by atoms with Crippen LogP contribution in [0.2, 0.25) is 0 Å². The molecule has 0 saturated heterocycles. The lowest BCUT2D eigenvalue weighted by atomic mass is 10.1. The molecule has 0 aromatic heterocycles. The first-order chi connectivity index (χ1) is 12.7. The summed E-state index contributed by atoms with van der Waals surface area (Å²) in [5.41, 5.74) is 2.19. The normalized spacial score (nSPS) is 14.3. The van der Waals surface area contributed by atoms with E-state index in [0.717, 1.165) is 18.4 Å². The number of carbonyl (C=O) groups is 2. The summed E-state index contributed by atoms with van der Waals surface area (Å²) in [4.78, 5) is 24.0. The fourth-order valence-corrected chi connectivity index (χ4v) is 2.58. The smallest absolute Gasteiger partial charge is 0.319 e. The van der Waals surface area contributed by atoms with E-state index in [1.807, 2.05) is 30.3 Å². The van der Waals surface area contributed by atoms with Crippen LogP contribution in [0, 0.1) is 0 Å². The molecule has 1 atom stereocenters. The van der Waals surface area contributed by atoms with Gasteiger partial charge in [0.05, 0.1) is 6.10 Å².